The summed E-state index contributed by atoms with van der Waals surface area (Å²) in [5.41, 5.74) is 5.72. The third kappa shape index (κ3) is 2.96. The Bertz CT molecular complexity index is 403. The Hall–Kier alpha value is -0.680. The number of alkyl halides is 3. The molecule has 0 aliphatic carbocycles. The Labute approximate surface area is 103 Å². The van der Waals surface area contributed by atoms with Crippen LogP contribution in [0.1, 0.15) is 24.0 Å². The van der Waals surface area contributed by atoms with E-state index in [1.54, 1.807) is 17.8 Å². The van der Waals surface area contributed by atoms with E-state index in [0.717, 1.165) is 35.8 Å². The van der Waals surface area contributed by atoms with Gasteiger partial charge in [-0.1, -0.05) is 0 Å². The fourth-order valence-corrected chi connectivity index (χ4v) is 3.35. The number of hydrogen-bond donors (Lipinski definition) is 1. The Morgan fingerprint density at radius 2 is 2.12 bits per heavy atom. The second kappa shape index (κ2) is 4.90. The lowest BCUT2D eigenvalue weighted by molar-refractivity contribution is -0.137. The molecule has 1 aliphatic rings. The van der Waals surface area contributed by atoms with E-state index in [2.05, 4.69) is 0 Å². The van der Waals surface area contributed by atoms with Crippen molar-refractivity contribution in [1.29, 1.82) is 0 Å². The van der Waals surface area contributed by atoms with Gasteiger partial charge in [-0.25, -0.2) is 0 Å². The minimum atomic E-state index is -4.24. The first kappa shape index (κ1) is 12.8. The quantitative estimate of drug-likeness (QED) is 0.901. The highest BCUT2D eigenvalue weighted by molar-refractivity contribution is 8.00. The van der Waals surface area contributed by atoms with Crippen LogP contribution in [-0.2, 0) is 12.6 Å². The van der Waals surface area contributed by atoms with E-state index in [-0.39, 0.29) is 0 Å². The molecule has 0 bridgehead atoms. The molecule has 1 unspecified atom stereocenters. The van der Waals surface area contributed by atoms with Gasteiger partial charge in [0.1, 0.15) is 0 Å². The topological polar surface area (TPSA) is 26.0 Å². The molecule has 0 spiro atoms. The van der Waals surface area contributed by atoms with Crippen LogP contribution in [0.5, 0.6) is 0 Å². The summed E-state index contributed by atoms with van der Waals surface area (Å²) >= 11 is 1.67. The fourth-order valence-electron chi connectivity index (χ4n) is 2.00. The van der Waals surface area contributed by atoms with Gasteiger partial charge in [-0.2, -0.15) is 13.2 Å². The second-order valence-corrected chi connectivity index (χ2v) is 5.54. The molecule has 1 aromatic carbocycles. The molecule has 2 rings (SSSR count). The molecule has 0 radical (unpaired) electrons. The molecule has 5 heteroatoms. The van der Waals surface area contributed by atoms with Gasteiger partial charge >= 0.3 is 6.18 Å². The van der Waals surface area contributed by atoms with Gasteiger partial charge in [0, 0.05) is 10.1 Å². The Balaban J connectivity index is 2.11. The predicted octanol–water partition coefficient (Wildman–Crippen LogP) is 3.46. The van der Waals surface area contributed by atoms with Crippen molar-refractivity contribution in [3.05, 3.63) is 29.3 Å². The summed E-state index contributed by atoms with van der Waals surface area (Å²) in [7, 11) is 0. The molecular weight excluding hydrogens is 247 g/mol. The van der Waals surface area contributed by atoms with Crippen LogP contribution >= 0.6 is 11.8 Å². The van der Waals surface area contributed by atoms with Gasteiger partial charge in [-0.3, -0.25) is 0 Å². The Morgan fingerprint density at radius 1 is 1.35 bits per heavy atom. The molecule has 94 valence electrons. The van der Waals surface area contributed by atoms with Crippen LogP contribution in [-0.4, -0.2) is 11.8 Å². The van der Waals surface area contributed by atoms with Gasteiger partial charge in [0.25, 0.3) is 0 Å². The van der Waals surface area contributed by atoms with Gasteiger partial charge in [-0.05, 0) is 49.6 Å². The van der Waals surface area contributed by atoms with E-state index in [1.807, 2.05) is 0 Å². The summed E-state index contributed by atoms with van der Waals surface area (Å²) < 4.78 is 37.6. The molecule has 0 saturated carbocycles. The third-order valence-electron chi connectivity index (χ3n) is 2.86. The Kier molecular flexibility index (Phi) is 3.68. The summed E-state index contributed by atoms with van der Waals surface area (Å²) in [5, 5.41) is 0.386. The van der Waals surface area contributed by atoms with E-state index < -0.39 is 11.7 Å². The summed E-state index contributed by atoms with van der Waals surface area (Å²) in [6, 6.07) is 4.03. The highest BCUT2D eigenvalue weighted by Crippen LogP contribution is 2.41. The van der Waals surface area contributed by atoms with Gasteiger partial charge < -0.3 is 5.73 Å². The molecule has 17 heavy (non-hydrogen) atoms. The molecule has 2 N–H and O–H groups in total. The van der Waals surface area contributed by atoms with Crippen LogP contribution in [0.25, 0.3) is 0 Å². The number of hydrogen-bond acceptors (Lipinski definition) is 2. The number of halogens is 3. The van der Waals surface area contributed by atoms with Crippen molar-refractivity contribution in [2.24, 2.45) is 5.73 Å². The van der Waals surface area contributed by atoms with Crippen LogP contribution in [0.3, 0.4) is 0 Å². The van der Waals surface area contributed by atoms with Crippen molar-refractivity contribution in [3.63, 3.8) is 0 Å². The first-order chi connectivity index (χ1) is 8.00. The highest BCUT2D eigenvalue weighted by Gasteiger charge is 2.32. The number of thioether (sulfide) groups is 1. The maximum absolute atomic E-state index is 12.5. The minimum Gasteiger partial charge on any atom is -0.330 e. The second-order valence-electron chi connectivity index (χ2n) is 4.20. The lowest BCUT2D eigenvalue weighted by Gasteiger charge is -2.07. The Morgan fingerprint density at radius 3 is 2.76 bits per heavy atom. The molecular formula is C12H14F3NS. The standard InChI is InChI=1S/C12H14F3NS/c13-12(14,15)9-3-4-11-8(6-9)7-10(17-11)2-1-5-16/h3-4,6,10H,1-2,5,7,16H2. The lowest BCUT2D eigenvalue weighted by Crippen LogP contribution is -2.07. The lowest BCUT2D eigenvalue weighted by atomic mass is 10.0. The summed E-state index contributed by atoms with van der Waals surface area (Å²) in [6.45, 7) is 0.640. The zero-order valence-corrected chi connectivity index (χ0v) is 10.1. The third-order valence-corrected chi connectivity index (χ3v) is 4.25. The highest BCUT2D eigenvalue weighted by atomic mass is 32.2. The van der Waals surface area contributed by atoms with Crippen molar-refractivity contribution in [3.8, 4) is 0 Å². The summed E-state index contributed by atoms with van der Waals surface area (Å²) in [5.74, 6) is 0. The van der Waals surface area contributed by atoms with Crippen LogP contribution in [0.2, 0.25) is 0 Å². The zero-order valence-electron chi connectivity index (χ0n) is 9.26. The number of rotatable bonds is 3. The smallest absolute Gasteiger partial charge is 0.330 e. The average molecular weight is 261 g/mol. The largest absolute Gasteiger partial charge is 0.416 e. The molecule has 1 nitrogen and oxygen atoms in total. The van der Waals surface area contributed by atoms with E-state index >= 15 is 0 Å². The molecule has 1 atom stereocenters. The zero-order chi connectivity index (χ0) is 12.5. The van der Waals surface area contributed by atoms with E-state index in [1.165, 1.54) is 6.07 Å². The van der Waals surface area contributed by atoms with Crippen LogP contribution in [0.15, 0.2) is 23.1 Å². The molecule has 0 amide bonds. The minimum absolute atomic E-state index is 0.386. The van der Waals surface area contributed by atoms with Crippen LogP contribution in [0.4, 0.5) is 13.2 Å². The van der Waals surface area contributed by atoms with E-state index in [4.69, 9.17) is 5.73 Å². The van der Waals surface area contributed by atoms with Gasteiger partial charge in [-0.15, -0.1) is 11.8 Å². The fraction of sp³-hybridized carbons (Fsp3) is 0.500. The van der Waals surface area contributed by atoms with Crippen molar-refractivity contribution < 1.29 is 13.2 Å². The first-order valence-corrected chi connectivity index (χ1v) is 6.45. The number of benzene rings is 1. The maximum Gasteiger partial charge on any atom is 0.416 e. The predicted molar refractivity (Wildman–Crippen MR) is 63.1 cm³/mol. The maximum atomic E-state index is 12.5. The first-order valence-electron chi connectivity index (χ1n) is 5.57. The van der Waals surface area contributed by atoms with Gasteiger partial charge in [0.15, 0.2) is 0 Å². The normalized spacial score (nSPS) is 19.4. The van der Waals surface area contributed by atoms with E-state index in [9.17, 15) is 13.2 Å². The average Bonchev–Trinajstić information content (AvgIpc) is 2.66. The molecule has 1 aromatic rings. The monoisotopic (exact) mass is 261 g/mol. The molecule has 0 saturated heterocycles. The molecule has 0 aromatic heterocycles. The molecule has 1 aliphatic heterocycles. The molecule has 1 heterocycles. The summed E-state index contributed by atoms with van der Waals surface area (Å²) in [4.78, 5) is 0.986. The van der Waals surface area contributed by atoms with Crippen molar-refractivity contribution in [2.75, 3.05) is 6.54 Å². The van der Waals surface area contributed by atoms with Crippen molar-refractivity contribution in [1.82, 2.24) is 0 Å². The SMILES string of the molecule is NCCCC1Cc2cc(C(F)(F)F)ccc2S1. The van der Waals surface area contributed by atoms with Gasteiger partial charge in [0.2, 0.25) is 0 Å². The summed E-state index contributed by atoms with van der Waals surface area (Å²) in [6.07, 6.45) is -1.62. The van der Waals surface area contributed by atoms with E-state index in [0.29, 0.717) is 11.8 Å². The number of fused-ring (bicyclic) bond motifs is 1. The molecule has 0 fully saturated rings. The van der Waals surface area contributed by atoms with Crippen LogP contribution < -0.4 is 5.73 Å². The van der Waals surface area contributed by atoms with Crippen LogP contribution in [0, 0.1) is 0 Å². The number of nitrogens with two attached hydrogens (primary N) is 1. The van der Waals surface area contributed by atoms with Gasteiger partial charge in [0.05, 0.1) is 5.56 Å². The van der Waals surface area contributed by atoms with Crippen molar-refractivity contribution >= 4 is 11.8 Å². The van der Waals surface area contributed by atoms with Crippen molar-refractivity contribution in [2.45, 2.75) is 35.6 Å².